The number of ether oxygens (including phenoxy) is 1. The van der Waals surface area contributed by atoms with Crippen LogP contribution in [0.3, 0.4) is 0 Å². The molecule has 0 amide bonds. The Morgan fingerprint density at radius 1 is 1.15 bits per heavy atom. The van der Waals surface area contributed by atoms with E-state index in [1.807, 2.05) is 7.05 Å². The van der Waals surface area contributed by atoms with Gasteiger partial charge < -0.3 is 10.1 Å². The molecule has 0 radical (unpaired) electrons. The maximum absolute atomic E-state index is 5.92. The molecule has 0 spiro atoms. The van der Waals surface area contributed by atoms with Gasteiger partial charge in [-0.2, -0.15) is 0 Å². The smallest absolute Gasteiger partial charge is 0.119 e. The second-order valence-corrected chi connectivity index (χ2v) is 6.35. The van der Waals surface area contributed by atoms with Crippen LogP contribution in [0.1, 0.15) is 53.0 Å². The van der Waals surface area contributed by atoms with E-state index in [9.17, 15) is 0 Å². The number of likely N-dealkylation sites (N-methyl/N-ethyl adjacent to an activating group) is 1. The van der Waals surface area contributed by atoms with Gasteiger partial charge in [0.15, 0.2) is 0 Å². The molecule has 0 aliphatic rings. The van der Waals surface area contributed by atoms with Crippen molar-refractivity contribution < 1.29 is 4.74 Å². The van der Waals surface area contributed by atoms with Gasteiger partial charge in [-0.05, 0) is 42.5 Å². The Morgan fingerprint density at radius 3 is 2.20 bits per heavy atom. The molecular formula is C18H31NO. The summed E-state index contributed by atoms with van der Waals surface area (Å²) in [6, 6.07) is 8.98. The molecule has 1 aromatic carbocycles. The summed E-state index contributed by atoms with van der Waals surface area (Å²) >= 11 is 0. The predicted octanol–water partition coefficient (Wildman–Crippen LogP) is 4.39. The molecule has 1 rings (SSSR count). The van der Waals surface area contributed by atoms with Crippen LogP contribution in [0.25, 0.3) is 0 Å². The van der Waals surface area contributed by atoms with Crippen LogP contribution < -0.4 is 10.1 Å². The predicted molar refractivity (Wildman–Crippen MR) is 87.6 cm³/mol. The van der Waals surface area contributed by atoms with Gasteiger partial charge in [-0.1, -0.05) is 53.2 Å². The highest BCUT2D eigenvalue weighted by Gasteiger charge is 2.18. The van der Waals surface area contributed by atoms with E-state index in [4.69, 9.17) is 4.74 Å². The van der Waals surface area contributed by atoms with Crippen LogP contribution in [0.15, 0.2) is 24.3 Å². The van der Waals surface area contributed by atoms with Crippen molar-refractivity contribution in [1.29, 1.82) is 0 Å². The van der Waals surface area contributed by atoms with E-state index in [0.717, 1.165) is 18.8 Å². The molecule has 2 heteroatoms. The van der Waals surface area contributed by atoms with Crippen LogP contribution in [-0.2, 0) is 5.41 Å². The highest BCUT2D eigenvalue weighted by molar-refractivity contribution is 5.31. The lowest BCUT2D eigenvalue weighted by Crippen LogP contribution is -2.37. The standard InChI is InChI=1S/C18H31NO/c1-7-14(3)17(19-6)13-20-16-11-9-15(10-12-16)18(4,5)8-2/h9-12,14,17,19H,7-8,13H2,1-6H3. The van der Waals surface area contributed by atoms with E-state index in [0.29, 0.717) is 12.0 Å². The first-order valence-corrected chi connectivity index (χ1v) is 7.85. The molecule has 20 heavy (non-hydrogen) atoms. The molecule has 0 bridgehead atoms. The van der Waals surface area contributed by atoms with Crippen molar-refractivity contribution in [2.45, 2.75) is 58.9 Å². The van der Waals surface area contributed by atoms with Gasteiger partial charge in [-0.3, -0.25) is 0 Å². The number of hydrogen-bond donors (Lipinski definition) is 1. The summed E-state index contributed by atoms with van der Waals surface area (Å²) in [4.78, 5) is 0. The average Bonchev–Trinajstić information content (AvgIpc) is 2.48. The van der Waals surface area contributed by atoms with Crippen molar-refractivity contribution in [3.8, 4) is 5.75 Å². The quantitative estimate of drug-likeness (QED) is 0.761. The minimum atomic E-state index is 0.239. The van der Waals surface area contributed by atoms with Crippen LogP contribution in [0.2, 0.25) is 0 Å². The molecule has 0 saturated heterocycles. The Hall–Kier alpha value is -1.02. The molecule has 2 atom stereocenters. The first kappa shape index (κ1) is 17.0. The highest BCUT2D eigenvalue weighted by Crippen LogP contribution is 2.28. The number of rotatable bonds is 8. The largest absolute Gasteiger partial charge is 0.492 e. The van der Waals surface area contributed by atoms with Crippen LogP contribution in [-0.4, -0.2) is 19.7 Å². The monoisotopic (exact) mass is 277 g/mol. The summed E-state index contributed by atoms with van der Waals surface area (Å²) in [5, 5.41) is 3.34. The third-order valence-electron chi connectivity index (χ3n) is 4.65. The topological polar surface area (TPSA) is 21.3 Å². The van der Waals surface area contributed by atoms with Crippen LogP contribution in [0.5, 0.6) is 5.75 Å². The maximum Gasteiger partial charge on any atom is 0.119 e. The summed E-state index contributed by atoms with van der Waals surface area (Å²) < 4.78 is 5.92. The molecule has 114 valence electrons. The van der Waals surface area contributed by atoms with E-state index < -0.39 is 0 Å². The Kier molecular flexibility index (Phi) is 6.54. The van der Waals surface area contributed by atoms with Crippen molar-refractivity contribution in [2.24, 2.45) is 5.92 Å². The number of benzene rings is 1. The molecule has 0 aromatic heterocycles. The minimum absolute atomic E-state index is 0.239. The highest BCUT2D eigenvalue weighted by atomic mass is 16.5. The second kappa shape index (κ2) is 7.68. The maximum atomic E-state index is 5.92. The number of hydrogen-bond acceptors (Lipinski definition) is 2. The first-order chi connectivity index (χ1) is 9.44. The molecule has 2 unspecified atom stereocenters. The van der Waals surface area contributed by atoms with E-state index in [-0.39, 0.29) is 5.41 Å². The lowest BCUT2D eigenvalue weighted by atomic mass is 9.82. The zero-order chi connectivity index (χ0) is 15.2. The van der Waals surface area contributed by atoms with Gasteiger partial charge in [0, 0.05) is 6.04 Å². The van der Waals surface area contributed by atoms with Gasteiger partial charge in [0.05, 0.1) is 0 Å². The van der Waals surface area contributed by atoms with Crippen LogP contribution in [0, 0.1) is 5.92 Å². The Balaban J connectivity index is 2.62. The summed E-state index contributed by atoms with van der Waals surface area (Å²) in [5.74, 6) is 1.59. The molecule has 1 aromatic rings. The normalized spacial score (nSPS) is 14.9. The van der Waals surface area contributed by atoms with Crippen molar-refractivity contribution in [1.82, 2.24) is 5.32 Å². The molecule has 1 N–H and O–H groups in total. The van der Waals surface area contributed by atoms with Gasteiger partial charge in [-0.25, -0.2) is 0 Å². The SMILES string of the molecule is CCC(C)C(COc1ccc(C(C)(C)CC)cc1)NC. The fraction of sp³-hybridized carbons (Fsp3) is 0.667. The van der Waals surface area contributed by atoms with E-state index >= 15 is 0 Å². The fourth-order valence-corrected chi connectivity index (χ4v) is 2.21. The Bertz CT molecular complexity index is 383. The van der Waals surface area contributed by atoms with Crippen molar-refractivity contribution in [3.63, 3.8) is 0 Å². The molecule has 0 aliphatic heterocycles. The van der Waals surface area contributed by atoms with E-state index in [1.54, 1.807) is 0 Å². The molecule has 2 nitrogen and oxygen atoms in total. The molecular weight excluding hydrogens is 246 g/mol. The Labute approximate surface area is 124 Å². The molecule has 0 fully saturated rings. The van der Waals surface area contributed by atoms with E-state index in [2.05, 4.69) is 64.2 Å². The van der Waals surface area contributed by atoms with Gasteiger partial charge in [0.25, 0.3) is 0 Å². The lowest BCUT2D eigenvalue weighted by Gasteiger charge is -2.24. The van der Waals surface area contributed by atoms with Crippen LogP contribution >= 0.6 is 0 Å². The van der Waals surface area contributed by atoms with Gasteiger partial charge in [0.1, 0.15) is 12.4 Å². The molecule has 0 aliphatic carbocycles. The van der Waals surface area contributed by atoms with Gasteiger partial charge in [-0.15, -0.1) is 0 Å². The Morgan fingerprint density at radius 2 is 1.75 bits per heavy atom. The average molecular weight is 277 g/mol. The third kappa shape index (κ3) is 4.52. The summed E-state index contributed by atoms with van der Waals surface area (Å²) in [6.07, 6.45) is 2.31. The van der Waals surface area contributed by atoms with Crippen molar-refractivity contribution in [2.75, 3.05) is 13.7 Å². The zero-order valence-corrected chi connectivity index (χ0v) is 14.0. The second-order valence-electron chi connectivity index (χ2n) is 6.35. The van der Waals surface area contributed by atoms with Gasteiger partial charge in [0.2, 0.25) is 0 Å². The third-order valence-corrected chi connectivity index (χ3v) is 4.65. The molecule has 0 heterocycles. The molecule has 0 saturated carbocycles. The summed E-state index contributed by atoms with van der Waals surface area (Å²) in [6.45, 7) is 12.0. The van der Waals surface area contributed by atoms with Crippen LogP contribution in [0.4, 0.5) is 0 Å². The number of nitrogens with one attached hydrogen (secondary N) is 1. The van der Waals surface area contributed by atoms with Crippen molar-refractivity contribution >= 4 is 0 Å². The fourth-order valence-electron chi connectivity index (χ4n) is 2.21. The van der Waals surface area contributed by atoms with E-state index in [1.165, 1.54) is 12.0 Å². The first-order valence-electron chi connectivity index (χ1n) is 7.85. The summed E-state index contributed by atoms with van der Waals surface area (Å²) in [5.41, 5.74) is 1.61. The van der Waals surface area contributed by atoms with Crippen molar-refractivity contribution in [3.05, 3.63) is 29.8 Å². The lowest BCUT2D eigenvalue weighted by molar-refractivity contribution is 0.228. The summed E-state index contributed by atoms with van der Waals surface area (Å²) in [7, 11) is 2.01. The zero-order valence-electron chi connectivity index (χ0n) is 14.0. The van der Waals surface area contributed by atoms with Gasteiger partial charge >= 0.3 is 0 Å². The minimum Gasteiger partial charge on any atom is -0.492 e.